The van der Waals surface area contributed by atoms with Crippen molar-refractivity contribution in [3.05, 3.63) is 89.4 Å². The van der Waals surface area contributed by atoms with E-state index in [-0.39, 0.29) is 0 Å². The van der Waals surface area contributed by atoms with Crippen LogP contribution in [0, 0.1) is 0 Å². The minimum Gasteiger partial charge on any atom is -0.493 e. The topological polar surface area (TPSA) is 71.3 Å². The van der Waals surface area contributed by atoms with E-state index in [1.807, 2.05) is 60.7 Å². The van der Waals surface area contributed by atoms with Gasteiger partial charge in [-0.1, -0.05) is 70.2 Å². The molecule has 0 atom stereocenters. The summed E-state index contributed by atoms with van der Waals surface area (Å²) in [4.78, 5) is 4.97. The number of benzene rings is 3. The van der Waals surface area contributed by atoms with E-state index in [1.165, 1.54) is 5.56 Å². The molecular formula is C30H27BrN4O3S. The van der Waals surface area contributed by atoms with Crippen LogP contribution in [0.4, 0.5) is 0 Å². The van der Waals surface area contributed by atoms with Crippen LogP contribution in [0.25, 0.3) is 33.5 Å². The molecule has 0 fully saturated rings. The van der Waals surface area contributed by atoms with Crippen LogP contribution in [0.15, 0.2) is 89.0 Å². The van der Waals surface area contributed by atoms with Gasteiger partial charge in [0, 0.05) is 33.3 Å². The molecule has 3 aromatic carbocycles. The third-order valence-electron chi connectivity index (χ3n) is 6.26. The lowest BCUT2D eigenvalue weighted by molar-refractivity contribution is 0.324. The van der Waals surface area contributed by atoms with Crippen LogP contribution in [-0.4, -0.2) is 41.1 Å². The van der Waals surface area contributed by atoms with Gasteiger partial charge in [0.25, 0.3) is 0 Å². The number of hydrogen-bond acceptors (Lipinski definition) is 7. The lowest BCUT2D eigenvalue weighted by Crippen LogP contribution is -2.02. The molecule has 7 nitrogen and oxygen atoms in total. The van der Waals surface area contributed by atoms with E-state index in [0.29, 0.717) is 23.8 Å². The van der Waals surface area contributed by atoms with Crippen molar-refractivity contribution < 1.29 is 14.2 Å². The summed E-state index contributed by atoms with van der Waals surface area (Å²) >= 11 is 5.28. The Morgan fingerprint density at radius 3 is 2.33 bits per heavy atom. The summed E-state index contributed by atoms with van der Waals surface area (Å²) in [5, 5.41) is 11.0. The van der Waals surface area contributed by atoms with Crippen molar-refractivity contribution in [1.82, 2.24) is 19.7 Å². The van der Waals surface area contributed by atoms with Crippen LogP contribution in [-0.2, 0) is 12.3 Å². The summed E-state index contributed by atoms with van der Waals surface area (Å²) in [5.41, 5.74) is 4.53. The Bertz CT molecular complexity index is 1630. The lowest BCUT2D eigenvalue weighted by atomic mass is 10.0. The van der Waals surface area contributed by atoms with Crippen molar-refractivity contribution in [2.45, 2.75) is 17.5 Å². The molecule has 0 bridgehead atoms. The summed E-state index contributed by atoms with van der Waals surface area (Å²) in [7, 11) is 4.79. The Hall–Kier alpha value is -3.82. The quantitative estimate of drug-likeness (QED) is 0.122. The van der Waals surface area contributed by atoms with Gasteiger partial charge in [0.2, 0.25) is 5.75 Å². The molecule has 9 heteroatoms. The molecule has 2 heterocycles. The van der Waals surface area contributed by atoms with Crippen LogP contribution in [0.3, 0.4) is 0 Å². The van der Waals surface area contributed by atoms with E-state index in [9.17, 15) is 0 Å². The van der Waals surface area contributed by atoms with E-state index in [4.69, 9.17) is 19.2 Å². The average molecular weight is 604 g/mol. The Morgan fingerprint density at radius 1 is 0.923 bits per heavy atom. The first-order valence-corrected chi connectivity index (χ1v) is 14.0. The normalized spacial score (nSPS) is 11.0. The molecule has 0 saturated heterocycles. The van der Waals surface area contributed by atoms with Crippen LogP contribution < -0.4 is 14.2 Å². The van der Waals surface area contributed by atoms with Crippen molar-refractivity contribution in [3.8, 4) is 39.9 Å². The second-order valence-corrected chi connectivity index (χ2v) is 10.4. The van der Waals surface area contributed by atoms with E-state index in [2.05, 4.69) is 49.4 Å². The largest absolute Gasteiger partial charge is 0.493 e. The van der Waals surface area contributed by atoms with E-state index in [1.54, 1.807) is 33.1 Å². The Labute approximate surface area is 240 Å². The Kier molecular flexibility index (Phi) is 8.18. The molecule has 0 aliphatic heterocycles. The molecule has 198 valence electrons. The number of hydrogen-bond donors (Lipinski definition) is 0. The number of thioether (sulfide) groups is 1. The molecule has 0 N–H and O–H groups in total. The fourth-order valence-electron chi connectivity index (χ4n) is 4.38. The van der Waals surface area contributed by atoms with E-state index >= 15 is 0 Å². The minimum atomic E-state index is 0.530. The van der Waals surface area contributed by atoms with Crippen molar-refractivity contribution >= 4 is 38.6 Å². The second kappa shape index (κ2) is 11.9. The van der Waals surface area contributed by atoms with E-state index < -0.39 is 0 Å². The fraction of sp³-hybridized carbons (Fsp3) is 0.167. The molecule has 0 radical (unpaired) electrons. The highest BCUT2D eigenvalue weighted by Gasteiger charge is 2.20. The number of methoxy groups -OCH3 is 3. The standard InChI is InChI=1S/C30H27BrN4O3S/c1-5-14-35-29(33-34-30(35)39-18-19-10-6-8-12-23(19)31)22-17-25(32-24-13-9-7-11-21(22)24)20-15-26(36-2)28(38-4)27(16-20)37-3/h5-13,15-17H,1,14,18H2,2-4H3. The molecule has 0 unspecified atom stereocenters. The maximum absolute atomic E-state index is 5.59. The Morgan fingerprint density at radius 2 is 1.64 bits per heavy atom. The van der Waals surface area contributed by atoms with Gasteiger partial charge >= 0.3 is 0 Å². The molecule has 0 amide bonds. The number of halogens is 1. The maximum Gasteiger partial charge on any atom is 0.203 e. The SMILES string of the molecule is C=CCn1c(SCc2ccccc2Br)nnc1-c1cc(-c2cc(OC)c(OC)c(OC)c2)nc2ccccc12. The van der Waals surface area contributed by atoms with Crippen LogP contribution in [0.1, 0.15) is 5.56 Å². The average Bonchev–Trinajstić information content (AvgIpc) is 3.37. The summed E-state index contributed by atoms with van der Waals surface area (Å²) in [6, 6.07) is 22.1. The zero-order valence-corrected chi connectivity index (χ0v) is 24.3. The maximum atomic E-state index is 5.59. The number of para-hydroxylation sites is 1. The van der Waals surface area contributed by atoms with E-state index in [0.717, 1.165) is 48.9 Å². The predicted octanol–water partition coefficient (Wildman–Crippen LogP) is 7.43. The van der Waals surface area contributed by atoms with Gasteiger partial charge in [0.1, 0.15) is 0 Å². The first-order chi connectivity index (χ1) is 19.1. The zero-order chi connectivity index (χ0) is 27.4. The zero-order valence-electron chi connectivity index (χ0n) is 21.8. The molecule has 39 heavy (non-hydrogen) atoms. The minimum absolute atomic E-state index is 0.530. The predicted molar refractivity (Wildman–Crippen MR) is 160 cm³/mol. The lowest BCUT2D eigenvalue weighted by Gasteiger charge is -2.15. The summed E-state index contributed by atoms with van der Waals surface area (Å²) in [6.45, 7) is 4.55. The molecule has 5 rings (SSSR count). The van der Waals surface area contributed by atoms with Crippen molar-refractivity contribution in [2.75, 3.05) is 21.3 Å². The number of pyridine rings is 1. The third-order valence-corrected chi connectivity index (χ3v) is 8.05. The van der Waals surface area contributed by atoms with Gasteiger partial charge in [-0.2, -0.15) is 0 Å². The number of allylic oxidation sites excluding steroid dienone is 1. The second-order valence-electron chi connectivity index (χ2n) is 8.57. The first kappa shape index (κ1) is 26.8. The smallest absolute Gasteiger partial charge is 0.203 e. The van der Waals surface area contributed by atoms with Crippen molar-refractivity contribution in [3.63, 3.8) is 0 Å². The first-order valence-electron chi connectivity index (χ1n) is 12.2. The van der Waals surface area contributed by atoms with Crippen molar-refractivity contribution in [1.29, 1.82) is 0 Å². The van der Waals surface area contributed by atoms with Gasteiger partial charge in [-0.25, -0.2) is 4.98 Å². The monoisotopic (exact) mass is 602 g/mol. The van der Waals surface area contributed by atoms with Crippen molar-refractivity contribution in [2.24, 2.45) is 0 Å². The number of aromatic nitrogens is 4. The molecule has 2 aromatic heterocycles. The van der Waals surface area contributed by atoms with Crippen LogP contribution >= 0.6 is 27.7 Å². The Balaban J connectivity index is 1.64. The number of rotatable bonds is 10. The molecule has 0 aliphatic rings. The highest BCUT2D eigenvalue weighted by Crippen LogP contribution is 2.42. The molecule has 0 saturated carbocycles. The van der Waals surface area contributed by atoms with Gasteiger partial charge in [0.15, 0.2) is 22.5 Å². The van der Waals surface area contributed by atoms with Crippen LogP contribution in [0.5, 0.6) is 17.2 Å². The number of fused-ring (bicyclic) bond motifs is 1. The molecule has 0 aliphatic carbocycles. The summed E-state index contributed by atoms with van der Waals surface area (Å²) < 4.78 is 19.9. The number of nitrogens with zero attached hydrogens (tertiary/aromatic N) is 4. The van der Waals surface area contributed by atoms with Gasteiger partial charge < -0.3 is 14.2 Å². The molecule has 0 spiro atoms. The summed E-state index contributed by atoms with van der Waals surface area (Å²) in [5.74, 6) is 3.15. The van der Waals surface area contributed by atoms with Crippen LogP contribution in [0.2, 0.25) is 0 Å². The van der Waals surface area contributed by atoms with Gasteiger partial charge in [-0.3, -0.25) is 4.57 Å². The third kappa shape index (κ3) is 5.37. The summed E-state index contributed by atoms with van der Waals surface area (Å²) in [6.07, 6.45) is 1.86. The number of ether oxygens (including phenoxy) is 3. The van der Waals surface area contributed by atoms with Gasteiger partial charge in [-0.15, -0.1) is 16.8 Å². The fourth-order valence-corrected chi connectivity index (χ4v) is 5.95. The van der Waals surface area contributed by atoms with Gasteiger partial charge in [-0.05, 0) is 35.9 Å². The van der Waals surface area contributed by atoms with Gasteiger partial charge in [0.05, 0.1) is 32.5 Å². The highest BCUT2D eigenvalue weighted by atomic mass is 79.9. The highest BCUT2D eigenvalue weighted by molar-refractivity contribution is 9.10. The molecular weight excluding hydrogens is 576 g/mol. The molecule has 5 aromatic rings.